The van der Waals surface area contributed by atoms with E-state index in [9.17, 15) is 0 Å². The molecule has 0 radical (unpaired) electrons. The molecule has 0 saturated carbocycles. The molecule has 2 aromatic rings. The van der Waals surface area contributed by atoms with Crippen LogP contribution in [0.15, 0.2) is 59.6 Å². The van der Waals surface area contributed by atoms with E-state index in [2.05, 4.69) is 40.7 Å². The number of ether oxygens (including phenoxy) is 2. The second kappa shape index (κ2) is 12.9. The van der Waals surface area contributed by atoms with Gasteiger partial charge in [-0.2, -0.15) is 0 Å². The summed E-state index contributed by atoms with van der Waals surface area (Å²) in [6.07, 6.45) is 1.08. The predicted molar refractivity (Wildman–Crippen MR) is 122 cm³/mol. The van der Waals surface area contributed by atoms with Gasteiger partial charge in [0, 0.05) is 31.7 Å². The fourth-order valence-electron chi connectivity index (χ4n) is 3.35. The molecule has 0 spiro atoms. The van der Waals surface area contributed by atoms with E-state index in [1.165, 1.54) is 0 Å². The number of hydrogen-bond donors (Lipinski definition) is 2. The number of hydrogen-bond acceptors (Lipinski definition) is 4. The molecule has 0 amide bonds. The minimum atomic E-state index is 0.557. The number of morpholine rings is 1. The molecule has 1 saturated heterocycles. The van der Waals surface area contributed by atoms with Crippen LogP contribution in [-0.2, 0) is 17.9 Å². The van der Waals surface area contributed by atoms with Crippen molar-refractivity contribution in [3.63, 3.8) is 0 Å². The summed E-state index contributed by atoms with van der Waals surface area (Å²) in [5.41, 5.74) is 2.24. The minimum absolute atomic E-state index is 0.557. The quantitative estimate of drug-likeness (QED) is 0.358. The third-order valence-electron chi connectivity index (χ3n) is 5.01. The number of para-hydroxylation sites is 1. The molecule has 0 aromatic heterocycles. The topological polar surface area (TPSA) is 58.1 Å². The zero-order valence-electron chi connectivity index (χ0n) is 18.0. The van der Waals surface area contributed by atoms with E-state index in [0.29, 0.717) is 13.2 Å². The monoisotopic (exact) mass is 410 g/mol. The lowest BCUT2D eigenvalue weighted by molar-refractivity contribution is 0.0376. The summed E-state index contributed by atoms with van der Waals surface area (Å²) >= 11 is 0. The van der Waals surface area contributed by atoms with Crippen LogP contribution in [0.2, 0.25) is 0 Å². The van der Waals surface area contributed by atoms with Crippen molar-refractivity contribution in [2.24, 2.45) is 4.99 Å². The summed E-state index contributed by atoms with van der Waals surface area (Å²) in [5, 5.41) is 6.78. The molecule has 1 aliphatic rings. The van der Waals surface area contributed by atoms with E-state index in [4.69, 9.17) is 14.5 Å². The maximum atomic E-state index is 6.06. The number of nitrogens with one attached hydrogen (secondary N) is 2. The average molecular weight is 411 g/mol. The third kappa shape index (κ3) is 7.69. The fraction of sp³-hybridized carbons (Fsp3) is 0.458. The molecule has 0 atom stereocenters. The zero-order chi connectivity index (χ0) is 20.9. The summed E-state index contributed by atoms with van der Waals surface area (Å²) in [6, 6.07) is 18.3. The van der Waals surface area contributed by atoms with Gasteiger partial charge >= 0.3 is 0 Å². The first-order valence-electron chi connectivity index (χ1n) is 10.9. The van der Waals surface area contributed by atoms with Crippen molar-refractivity contribution in [2.45, 2.75) is 26.5 Å². The fourth-order valence-corrected chi connectivity index (χ4v) is 3.35. The molecule has 2 N–H and O–H groups in total. The lowest BCUT2D eigenvalue weighted by Gasteiger charge is -2.26. The zero-order valence-corrected chi connectivity index (χ0v) is 18.0. The van der Waals surface area contributed by atoms with E-state index < -0.39 is 0 Å². The molecule has 3 rings (SSSR count). The van der Waals surface area contributed by atoms with Gasteiger partial charge in [0.2, 0.25) is 0 Å². The van der Waals surface area contributed by atoms with Gasteiger partial charge in [0.1, 0.15) is 12.4 Å². The number of nitrogens with zero attached hydrogens (tertiary/aromatic N) is 2. The van der Waals surface area contributed by atoms with Crippen molar-refractivity contribution in [1.29, 1.82) is 0 Å². The van der Waals surface area contributed by atoms with Gasteiger partial charge in [-0.25, -0.2) is 4.99 Å². The highest BCUT2D eigenvalue weighted by Crippen LogP contribution is 2.20. The Morgan fingerprint density at radius 3 is 2.60 bits per heavy atom. The summed E-state index contributed by atoms with van der Waals surface area (Å²) < 4.78 is 11.5. The Kier molecular flexibility index (Phi) is 9.50. The van der Waals surface area contributed by atoms with Crippen molar-refractivity contribution in [2.75, 3.05) is 45.9 Å². The van der Waals surface area contributed by atoms with Crippen LogP contribution in [-0.4, -0.2) is 56.8 Å². The standard InChI is InChI=1S/C24H34N4O2/c1-2-25-24(26-13-8-14-28-15-17-29-18-16-28)27-19-22-11-6-7-12-23(22)30-20-21-9-4-3-5-10-21/h3-7,9-12H,2,8,13-20H2,1H3,(H2,25,26,27). The molecular formula is C24H34N4O2. The van der Waals surface area contributed by atoms with Crippen molar-refractivity contribution in [3.05, 3.63) is 65.7 Å². The Morgan fingerprint density at radius 1 is 1.03 bits per heavy atom. The Balaban J connectivity index is 1.49. The van der Waals surface area contributed by atoms with Crippen molar-refractivity contribution in [3.8, 4) is 5.75 Å². The Bertz CT molecular complexity index is 761. The molecule has 1 fully saturated rings. The summed E-state index contributed by atoms with van der Waals surface area (Å²) in [5.74, 6) is 1.73. The first kappa shape index (κ1) is 22.1. The van der Waals surface area contributed by atoms with E-state index >= 15 is 0 Å². The Labute approximate surface area is 180 Å². The van der Waals surface area contributed by atoms with Crippen LogP contribution in [0.4, 0.5) is 0 Å². The molecule has 1 aliphatic heterocycles. The molecule has 30 heavy (non-hydrogen) atoms. The summed E-state index contributed by atoms with van der Waals surface area (Å²) in [7, 11) is 0. The van der Waals surface area contributed by atoms with Crippen LogP contribution >= 0.6 is 0 Å². The van der Waals surface area contributed by atoms with E-state index in [1.807, 2.05) is 36.4 Å². The highest BCUT2D eigenvalue weighted by Gasteiger charge is 2.09. The Morgan fingerprint density at radius 2 is 1.80 bits per heavy atom. The number of rotatable bonds is 10. The van der Waals surface area contributed by atoms with Crippen LogP contribution in [0.25, 0.3) is 0 Å². The van der Waals surface area contributed by atoms with Gasteiger partial charge in [-0.1, -0.05) is 48.5 Å². The molecule has 0 unspecified atom stereocenters. The SMILES string of the molecule is CCNC(=NCc1ccccc1OCc1ccccc1)NCCCN1CCOCC1. The third-order valence-corrected chi connectivity index (χ3v) is 5.01. The second-order valence-electron chi connectivity index (χ2n) is 7.31. The molecule has 162 valence electrons. The lowest BCUT2D eigenvalue weighted by Crippen LogP contribution is -2.40. The van der Waals surface area contributed by atoms with Gasteiger partial charge < -0.3 is 20.1 Å². The average Bonchev–Trinajstić information content (AvgIpc) is 2.80. The van der Waals surface area contributed by atoms with E-state index in [0.717, 1.165) is 75.2 Å². The Hall–Kier alpha value is -2.57. The van der Waals surface area contributed by atoms with Gasteiger partial charge in [0.25, 0.3) is 0 Å². The molecule has 1 heterocycles. The van der Waals surface area contributed by atoms with Gasteiger partial charge in [-0.15, -0.1) is 0 Å². The first-order chi connectivity index (χ1) is 14.8. The number of guanidine groups is 1. The molecule has 2 aromatic carbocycles. The highest BCUT2D eigenvalue weighted by molar-refractivity contribution is 5.79. The van der Waals surface area contributed by atoms with Gasteiger partial charge in [0.15, 0.2) is 5.96 Å². The van der Waals surface area contributed by atoms with Crippen molar-refractivity contribution < 1.29 is 9.47 Å². The van der Waals surface area contributed by atoms with Crippen molar-refractivity contribution in [1.82, 2.24) is 15.5 Å². The van der Waals surface area contributed by atoms with Crippen LogP contribution in [0.3, 0.4) is 0 Å². The predicted octanol–water partition coefficient (Wildman–Crippen LogP) is 3.04. The van der Waals surface area contributed by atoms with Crippen LogP contribution < -0.4 is 15.4 Å². The lowest BCUT2D eigenvalue weighted by atomic mass is 10.2. The normalized spacial score (nSPS) is 15.0. The van der Waals surface area contributed by atoms with Crippen molar-refractivity contribution >= 4 is 5.96 Å². The second-order valence-corrected chi connectivity index (χ2v) is 7.31. The molecule has 0 aliphatic carbocycles. The minimum Gasteiger partial charge on any atom is -0.489 e. The van der Waals surface area contributed by atoms with E-state index in [-0.39, 0.29) is 0 Å². The number of benzene rings is 2. The summed E-state index contributed by atoms with van der Waals surface area (Å²) in [6.45, 7) is 9.81. The largest absolute Gasteiger partial charge is 0.489 e. The van der Waals surface area contributed by atoms with Crippen LogP contribution in [0.5, 0.6) is 5.75 Å². The highest BCUT2D eigenvalue weighted by atomic mass is 16.5. The van der Waals surface area contributed by atoms with Gasteiger partial charge in [0.05, 0.1) is 19.8 Å². The maximum absolute atomic E-state index is 6.06. The van der Waals surface area contributed by atoms with Crippen LogP contribution in [0.1, 0.15) is 24.5 Å². The molecule has 6 heteroatoms. The first-order valence-corrected chi connectivity index (χ1v) is 10.9. The van der Waals surface area contributed by atoms with Crippen LogP contribution in [0, 0.1) is 0 Å². The smallest absolute Gasteiger partial charge is 0.191 e. The number of aliphatic imine (C=N–C) groups is 1. The summed E-state index contributed by atoms with van der Waals surface area (Å²) in [4.78, 5) is 7.22. The molecule has 6 nitrogen and oxygen atoms in total. The molecular weight excluding hydrogens is 376 g/mol. The maximum Gasteiger partial charge on any atom is 0.191 e. The molecule has 0 bridgehead atoms. The van der Waals surface area contributed by atoms with Gasteiger partial charge in [-0.05, 0) is 31.5 Å². The van der Waals surface area contributed by atoms with Gasteiger partial charge in [-0.3, -0.25) is 4.90 Å². The van der Waals surface area contributed by atoms with E-state index in [1.54, 1.807) is 0 Å².